The molecule has 1 heterocycles. The molecule has 7 heteroatoms. The second-order valence-corrected chi connectivity index (χ2v) is 6.15. The van der Waals surface area contributed by atoms with E-state index in [1.54, 1.807) is 30.5 Å². The van der Waals surface area contributed by atoms with Gasteiger partial charge in [0.25, 0.3) is 0 Å². The molecule has 0 fully saturated rings. The van der Waals surface area contributed by atoms with Crippen LogP contribution in [0.1, 0.15) is 18.1 Å². The van der Waals surface area contributed by atoms with Gasteiger partial charge in [0.15, 0.2) is 0 Å². The lowest BCUT2D eigenvalue weighted by Crippen LogP contribution is -2.28. The first-order valence-corrected chi connectivity index (χ1v) is 8.95. The van der Waals surface area contributed by atoms with Crippen molar-refractivity contribution in [3.05, 3.63) is 89.3 Å². The van der Waals surface area contributed by atoms with Gasteiger partial charge in [-0.25, -0.2) is 9.78 Å². The van der Waals surface area contributed by atoms with Gasteiger partial charge in [0, 0.05) is 29.0 Å². The van der Waals surface area contributed by atoms with Crippen molar-refractivity contribution in [3.8, 4) is 0 Å². The smallest absolute Gasteiger partial charge is 0.320 e. The SMILES string of the molecule is C=C/C=C(\C=C/C)Nc1cnc(NC(=O)NCc2ccc(Cl)cc2)cc1C=N. The molecule has 0 unspecified atom stereocenters. The molecule has 0 bridgehead atoms. The number of nitrogens with one attached hydrogen (secondary N) is 4. The van der Waals surface area contributed by atoms with Crippen LogP contribution >= 0.6 is 11.6 Å². The summed E-state index contributed by atoms with van der Waals surface area (Å²) in [5.41, 5.74) is 2.97. The maximum atomic E-state index is 12.1. The summed E-state index contributed by atoms with van der Waals surface area (Å²) >= 11 is 5.85. The molecule has 6 nitrogen and oxygen atoms in total. The Bertz CT molecular complexity index is 904. The van der Waals surface area contributed by atoms with Gasteiger partial charge >= 0.3 is 6.03 Å². The summed E-state index contributed by atoms with van der Waals surface area (Å²) in [5.74, 6) is 0.345. The van der Waals surface area contributed by atoms with Gasteiger partial charge < -0.3 is 16.0 Å². The van der Waals surface area contributed by atoms with E-state index in [2.05, 4.69) is 27.5 Å². The lowest BCUT2D eigenvalue weighted by molar-refractivity contribution is 0.251. The van der Waals surface area contributed by atoms with E-state index in [9.17, 15) is 4.79 Å². The zero-order valence-electron chi connectivity index (χ0n) is 15.5. The molecule has 0 saturated carbocycles. The van der Waals surface area contributed by atoms with Crippen LogP contribution in [0.5, 0.6) is 0 Å². The maximum Gasteiger partial charge on any atom is 0.320 e. The fourth-order valence-corrected chi connectivity index (χ4v) is 2.44. The minimum absolute atomic E-state index is 0.345. The molecule has 0 aliphatic rings. The van der Waals surface area contributed by atoms with E-state index in [0.29, 0.717) is 28.6 Å². The number of rotatable bonds is 8. The molecular weight excluding hydrogens is 374 g/mol. The Hall–Kier alpha value is -3.38. The standard InChI is InChI=1S/C21H22ClN5O/c1-3-5-18(6-4-2)26-19-14-24-20(11-16(19)12-23)27-21(28)25-13-15-7-9-17(22)10-8-15/h3-12,14,23,26H,1,13H2,2H3,(H2,24,25,27,28)/b6-4-,18-5+,23-12?. The molecule has 0 spiro atoms. The topological polar surface area (TPSA) is 89.9 Å². The van der Waals surface area contributed by atoms with Crippen molar-refractivity contribution >= 4 is 35.4 Å². The normalized spacial score (nSPS) is 11.1. The molecule has 144 valence electrons. The average molecular weight is 396 g/mol. The van der Waals surface area contributed by atoms with Crippen LogP contribution in [0.15, 0.2) is 73.1 Å². The van der Waals surface area contributed by atoms with Crippen LogP contribution in [0.3, 0.4) is 0 Å². The maximum absolute atomic E-state index is 12.1. The first kappa shape index (κ1) is 20.9. The van der Waals surface area contributed by atoms with Crippen LogP contribution in [0.2, 0.25) is 5.02 Å². The first-order valence-electron chi connectivity index (χ1n) is 8.58. The summed E-state index contributed by atoms with van der Waals surface area (Å²) in [7, 11) is 0. The number of halogens is 1. The monoisotopic (exact) mass is 395 g/mol. The zero-order valence-corrected chi connectivity index (χ0v) is 16.3. The van der Waals surface area contributed by atoms with Gasteiger partial charge in [-0.3, -0.25) is 5.32 Å². The van der Waals surface area contributed by atoms with Crippen LogP contribution in [-0.2, 0) is 6.54 Å². The van der Waals surface area contributed by atoms with Crippen LogP contribution in [0.4, 0.5) is 16.3 Å². The van der Waals surface area contributed by atoms with E-state index in [4.69, 9.17) is 17.0 Å². The molecular formula is C21H22ClN5O. The number of benzene rings is 1. The molecule has 2 aromatic rings. The molecule has 0 aliphatic carbocycles. The van der Waals surface area contributed by atoms with Gasteiger partial charge in [-0.1, -0.05) is 42.5 Å². The zero-order chi connectivity index (χ0) is 20.4. The summed E-state index contributed by atoms with van der Waals surface area (Å²) in [5, 5.41) is 16.9. The predicted molar refractivity (Wildman–Crippen MR) is 116 cm³/mol. The molecule has 4 N–H and O–H groups in total. The number of aromatic nitrogens is 1. The van der Waals surface area contributed by atoms with E-state index in [0.717, 1.165) is 11.3 Å². The third-order valence-electron chi connectivity index (χ3n) is 3.62. The quantitative estimate of drug-likeness (QED) is 0.369. The summed E-state index contributed by atoms with van der Waals surface area (Å²) in [4.78, 5) is 16.3. The lowest BCUT2D eigenvalue weighted by atomic mass is 10.2. The van der Waals surface area contributed by atoms with Crippen LogP contribution < -0.4 is 16.0 Å². The van der Waals surface area contributed by atoms with E-state index >= 15 is 0 Å². The Balaban J connectivity index is 2.03. The molecule has 2 amide bonds. The summed E-state index contributed by atoms with van der Waals surface area (Å²) in [6.07, 6.45) is 10.0. The van der Waals surface area contributed by atoms with Crippen molar-refractivity contribution in [3.63, 3.8) is 0 Å². The number of hydrogen-bond donors (Lipinski definition) is 4. The molecule has 0 aliphatic heterocycles. The third-order valence-corrected chi connectivity index (χ3v) is 3.87. The average Bonchev–Trinajstić information content (AvgIpc) is 2.69. The van der Waals surface area contributed by atoms with Gasteiger partial charge in [-0.05, 0) is 42.8 Å². The minimum Gasteiger partial charge on any atom is -0.354 e. The van der Waals surface area contributed by atoms with E-state index < -0.39 is 0 Å². The number of nitrogens with zero attached hydrogens (tertiary/aromatic N) is 1. The number of anilines is 2. The fourth-order valence-electron chi connectivity index (χ4n) is 2.31. The predicted octanol–water partition coefficient (Wildman–Crippen LogP) is 5.11. The Morgan fingerprint density at radius 2 is 2.04 bits per heavy atom. The number of urea groups is 1. The summed E-state index contributed by atoms with van der Waals surface area (Å²) in [6, 6.07) is 8.45. The van der Waals surface area contributed by atoms with E-state index in [-0.39, 0.29) is 6.03 Å². The highest BCUT2D eigenvalue weighted by Crippen LogP contribution is 2.18. The van der Waals surface area contributed by atoms with Gasteiger partial charge in [0.05, 0.1) is 11.9 Å². The highest BCUT2D eigenvalue weighted by atomic mass is 35.5. The van der Waals surface area contributed by atoms with Crippen molar-refractivity contribution in [2.75, 3.05) is 10.6 Å². The van der Waals surface area contributed by atoms with Crippen LogP contribution in [0.25, 0.3) is 0 Å². The fraction of sp³-hybridized carbons (Fsp3) is 0.0952. The molecule has 1 aromatic carbocycles. The van der Waals surface area contributed by atoms with Crippen molar-refractivity contribution in [1.82, 2.24) is 10.3 Å². The molecule has 0 radical (unpaired) electrons. The summed E-state index contributed by atoms with van der Waals surface area (Å²) in [6.45, 7) is 5.95. The second-order valence-electron chi connectivity index (χ2n) is 5.72. The Kier molecular flexibility index (Phi) is 7.99. The van der Waals surface area contributed by atoms with Gasteiger partial charge in [-0.15, -0.1) is 0 Å². The Morgan fingerprint density at radius 3 is 2.68 bits per heavy atom. The lowest BCUT2D eigenvalue weighted by Gasteiger charge is -2.12. The van der Waals surface area contributed by atoms with Crippen molar-refractivity contribution in [2.24, 2.45) is 0 Å². The van der Waals surface area contributed by atoms with Crippen LogP contribution in [0, 0.1) is 5.41 Å². The van der Waals surface area contributed by atoms with Crippen molar-refractivity contribution in [1.29, 1.82) is 5.41 Å². The number of carbonyl (C=O) groups is 1. The third kappa shape index (κ3) is 6.41. The highest BCUT2D eigenvalue weighted by molar-refractivity contribution is 6.30. The molecule has 28 heavy (non-hydrogen) atoms. The van der Waals surface area contributed by atoms with Gasteiger partial charge in [0.2, 0.25) is 0 Å². The van der Waals surface area contributed by atoms with Crippen molar-refractivity contribution in [2.45, 2.75) is 13.5 Å². The van der Waals surface area contributed by atoms with Crippen molar-refractivity contribution < 1.29 is 4.79 Å². The Labute approximate surface area is 169 Å². The largest absolute Gasteiger partial charge is 0.354 e. The number of carbonyl (C=O) groups excluding carboxylic acids is 1. The molecule has 0 saturated heterocycles. The summed E-state index contributed by atoms with van der Waals surface area (Å²) < 4.78 is 0. The van der Waals surface area contributed by atoms with E-state index in [1.165, 1.54) is 6.21 Å². The number of amides is 2. The minimum atomic E-state index is -0.389. The first-order chi connectivity index (χ1) is 13.5. The molecule has 0 atom stereocenters. The van der Waals surface area contributed by atoms with E-state index in [1.807, 2.05) is 37.3 Å². The number of hydrogen-bond acceptors (Lipinski definition) is 4. The number of allylic oxidation sites excluding steroid dienone is 4. The second kappa shape index (κ2) is 10.7. The highest BCUT2D eigenvalue weighted by Gasteiger charge is 2.07. The molecule has 1 aromatic heterocycles. The number of pyridine rings is 1. The van der Waals surface area contributed by atoms with Gasteiger partial charge in [-0.2, -0.15) is 0 Å². The van der Waals surface area contributed by atoms with Gasteiger partial charge in [0.1, 0.15) is 5.82 Å². The molecule has 2 rings (SSSR count). The Morgan fingerprint density at radius 1 is 1.29 bits per heavy atom. The van der Waals surface area contributed by atoms with Crippen LogP contribution in [-0.4, -0.2) is 17.2 Å².